The van der Waals surface area contributed by atoms with Crippen LogP contribution in [0.2, 0.25) is 0 Å². The van der Waals surface area contributed by atoms with Crippen LogP contribution in [0.3, 0.4) is 0 Å². The highest BCUT2D eigenvalue weighted by molar-refractivity contribution is 6.18. The Morgan fingerprint density at radius 2 is 1.69 bits per heavy atom. The molecule has 0 amide bonds. The normalized spacial score (nSPS) is 11.3. The summed E-state index contributed by atoms with van der Waals surface area (Å²) >= 11 is 0. The minimum atomic E-state index is 0.451. The molecule has 0 aliphatic carbocycles. The van der Waals surface area contributed by atoms with Gasteiger partial charge in [-0.25, -0.2) is 9.97 Å². The van der Waals surface area contributed by atoms with Crippen molar-refractivity contribution in [1.29, 1.82) is 0 Å². The van der Waals surface area contributed by atoms with Gasteiger partial charge in [0.25, 0.3) is 0 Å². The quantitative estimate of drug-likeness (QED) is 0.501. The van der Waals surface area contributed by atoms with Crippen molar-refractivity contribution >= 4 is 40.5 Å². The van der Waals surface area contributed by atoms with Crippen molar-refractivity contribution in [1.82, 2.24) is 9.97 Å². The Kier molecular flexibility index (Phi) is 3.36. The zero-order valence-corrected chi connectivity index (χ0v) is 13.6. The molecule has 1 radical (unpaired) electrons. The molecule has 5 nitrogen and oxygen atoms in total. The van der Waals surface area contributed by atoms with Crippen molar-refractivity contribution in [3.63, 3.8) is 0 Å². The number of hydrogen-bond donors (Lipinski definition) is 1. The van der Waals surface area contributed by atoms with Crippen LogP contribution >= 0.6 is 0 Å². The Hall–Kier alpha value is -3.38. The lowest BCUT2D eigenvalue weighted by Gasteiger charge is -2.03. The molecule has 0 unspecified atom stereocenters. The fourth-order valence-corrected chi connectivity index (χ4v) is 3.22. The molecule has 3 aromatic carbocycles. The van der Waals surface area contributed by atoms with Crippen molar-refractivity contribution in [2.24, 2.45) is 0 Å². The van der Waals surface area contributed by atoms with E-state index in [2.05, 4.69) is 9.97 Å². The monoisotopic (exact) mass is 339 g/mol. The molecule has 123 valence electrons. The maximum atomic E-state index is 8.98. The number of nitrogens with zero attached hydrogens (tertiary/aromatic N) is 2. The third-order valence-electron chi connectivity index (χ3n) is 4.40. The van der Waals surface area contributed by atoms with E-state index in [1.807, 2.05) is 60.8 Å². The second-order valence-electron chi connectivity index (χ2n) is 5.89. The number of aromatic nitrogens is 2. The van der Waals surface area contributed by atoms with Crippen molar-refractivity contribution < 1.29 is 14.1 Å². The number of furan rings is 1. The fraction of sp³-hybridized carbons (Fsp3) is 0. The second-order valence-corrected chi connectivity index (χ2v) is 5.89. The molecule has 0 bridgehead atoms. The average Bonchev–Trinajstić information content (AvgIpc) is 3.08. The molecule has 5 rings (SSSR count). The summed E-state index contributed by atoms with van der Waals surface area (Å²) in [7, 11) is 0.648. The lowest BCUT2D eigenvalue weighted by atomic mass is 10.1. The molecule has 0 atom stereocenters. The summed E-state index contributed by atoms with van der Waals surface area (Å²) < 4.78 is 11.3. The first kappa shape index (κ1) is 14.9. The maximum absolute atomic E-state index is 8.98. The smallest absolute Gasteiger partial charge is 0.535 e. The van der Waals surface area contributed by atoms with Crippen molar-refractivity contribution in [2.45, 2.75) is 0 Å². The van der Waals surface area contributed by atoms with E-state index in [4.69, 9.17) is 14.1 Å². The van der Waals surface area contributed by atoms with E-state index in [0.717, 1.165) is 27.2 Å². The first-order valence-corrected chi connectivity index (χ1v) is 8.14. The van der Waals surface area contributed by atoms with E-state index >= 15 is 0 Å². The Bertz CT molecular complexity index is 1270. The van der Waals surface area contributed by atoms with Gasteiger partial charge in [-0.2, -0.15) is 0 Å². The molecule has 2 heterocycles. The summed E-state index contributed by atoms with van der Waals surface area (Å²) in [6.45, 7) is 0. The highest BCUT2D eigenvalue weighted by Crippen LogP contribution is 2.38. The third-order valence-corrected chi connectivity index (χ3v) is 4.40. The van der Waals surface area contributed by atoms with Gasteiger partial charge in [-0.1, -0.05) is 42.5 Å². The molecular weight excluding hydrogens is 327 g/mol. The summed E-state index contributed by atoms with van der Waals surface area (Å²) in [5.74, 6) is 1.05. The number of benzene rings is 3. The van der Waals surface area contributed by atoms with Crippen molar-refractivity contribution in [3.05, 3.63) is 66.9 Å². The van der Waals surface area contributed by atoms with Crippen LogP contribution in [0.4, 0.5) is 0 Å². The molecule has 5 aromatic rings. The molecule has 26 heavy (non-hydrogen) atoms. The Morgan fingerprint density at radius 1 is 0.885 bits per heavy atom. The summed E-state index contributed by atoms with van der Waals surface area (Å²) in [5.41, 5.74) is 2.95. The lowest BCUT2D eigenvalue weighted by molar-refractivity contribution is 0.451. The van der Waals surface area contributed by atoms with Gasteiger partial charge in [0.1, 0.15) is 11.3 Å². The first-order chi connectivity index (χ1) is 12.8. The van der Waals surface area contributed by atoms with Crippen LogP contribution < -0.4 is 4.65 Å². The predicted octanol–water partition coefficient (Wildman–Crippen LogP) is 4.10. The van der Waals surface area contributed by atoms with Gasteiger partial charge < -0.3 is 14.1 Å². The van der Waals surface area contributed by atoms with Crippen LogP contribution in [-0.4, -0.2) is 22.7 Å². The molecule has 0 spiro atoms. The van der Waals surface area contributed by atoms with Crippen LogP contribution in [0.5, 0.6) is 5.75 Å². The number of fused-ring (bicyclic) bond motifs is 4. The Balaban J connectivity index is 1.79. The molecule has 1 N–H and O–H groups in total. The second kappa shape index (κ2) is 5.86. The Labute approximate surface area is 149 Å². The topological polar surface area (TPSA) is 68.4 Å². The molecule has 0 fully saturated rings. The summed E-state index contributed by atoms with van der Waals surface area (Å²) in [6.07, 6.45) is 1.81. The van der Waals surface area contributed by atoms with Gasteiger partial charge in [0, 0.05) is 22.4 Å². The van der Waals surface area contributed by atoms with Crippen LogP contribution in [-0.2, 0) is 0 Å². The minimum Gasteiger partial charge on any atom is -0.535 e. The fourth-order valence-electron chi connectivity index (χ4n) is 3.22. The van der Waals surface area contributed by atoms with Crippen LogP contribution in [0.25, 0.3) is 44.2 Å². The van der Waals surface area contributed by atoms with Crippen molar-refractivity contribution in [3.8, 4) is 17.1 Å². The van der Waals surface area contributed by atoms with E-state index < -0.39 is 0 Å². The highest BCUT2D eigenvalue weighted by Gasteiger charge is 2.16. The van der Waals surface area contributed by atoms with E-state index in [9.17, 15) is 0 Å². The predicted molar refractivity (Wildman–Crippen MR) is 101 cm³/mol. The zero-order chi connectivity index (χ0) is 17.5. The maximum Gasteiger partial charge on any atom is 0.569 e. The van der Waals surface area contributed by atoms with E-state index in [0.29, 0.717) is 30.4 Å². The summed E-state index contributed by atoms with van der Waals surface area (Å²) in [6, 6.07) is 19.3. The average molecular weight is 339 g/mol. The van der Waals surface area contributed by atoms with Gasteiger partial charge in [-0.3, -0.25) is 0 Å². The van der Waals surface area contributed by atoms with Gasteiger partial charge in [0.2, 0.25) is 0 Å². The minimum absolute atomic E-state index is 0.451. The van der Waals surface area contributed by atoms with Gasteiger partial charge >= 0.3 is 7.69 Å². The van der Waals surface area contributed by atoms with E-state index in [-0.39, 0.29) is 0 Å². The number of hydrogen-bond acceptors (Lipinski definition) is 5. The van der Waals surface area contributed by atoms with Crippen LogP contribution in [0.1, 0.15) is 0 Å². The molecule has 0 aliphatic rings. The molecule has 0 saturated carbocycles. The van der Waals surface area contributed by atoms with Crippen molar-refractivity contribution in [2.75, 3.05) is 0 Å². The van der Waals surface area contributed by atoms with E-state index in [1.54, 1.807) is 6.07 Å². The van der Waals surface area contributed by atoms with Gasteiger partial charge in [0.15, 0.2) is 11.4 Å². The molecular formula is C20H12BN2O3. The largest absolute Gasteiger partial charge is 0.569 e. The molecule has 2 aromatic heterocycles. The third kappa shape index (κ3) is 2.23. The van der Waals surface area contributed by atoms with E-state index in [1.165, 1.54) is 0 Å². The van der Waals surface area contributed by atoms with Crippen LogP contribution in [0.15, 0.2) is 71.3 Å². The number of para-hydroxylation sites is 3. The zero-order valence-electron chi connectivity index (χ0n) is 13.6. The van der Waals surface area contributed by atoms with Gasteiger partial charge in [-0.15, -0.1) is 0 Å². The molecule has 0 aliphatic heterocycles. The van der Waals surface area contributed by atoms with Crippen LogP contribution in [0, 0.1) is 0 Å². The lowest BCUT2D eigenvalue weighted by Crippen LogP contribution is -1.99. The summed E-state index contributed by atoms with van der Waals surface area (Å²) in [5, 5.41) is 11.8. The summed E-state index contributed by atoms with van der Waals surface area (Å²) in [4.78, 5) is 9.18. The molecule has 0 saturated heterocycles. The Morgan fingerprint density at radius 3 is 2.58 bits per heavy atom. The first-order valence-electron chi connectivity index (χ1n) is 8.14. The van der Waals surface area contributed by atoms with Gasteiger partial charge in [0.05, 0.1) is 11.1 Å². The van der Waals surface area contributed by atoms with Gasteiger partial charge in [-0.05, 0) is 18.2 Å². The highest BCUT2D eigenvalue weighted by atomic mass is 16.5. The standard InChI is InChI=1S/C20H12BN2O3/c24-21-26-17-10-4-7-14-13-6-3-8-15(18(13)25-19(14)17)20-22-11-12-5-1-2-9-16(12)23-20/h1-11,24H. The SMILES string of the molecule is O[B]Oc1cccc2c1oc1c(-c3ncc4ccccc4n3)cccc12. The molecule has 6 heteroatoms. The number of rotatable bonds is 3.